The number of fused-ring (bicyclic) bond motifs is 1. The van der Waals surface area contributed by atoms with Gasteiger partial charge in [0.25, 0.3) is 5.56 Å². The molecule has 7 nitrogen and oxygen atoms in total. The van der Waals surface area contributed by atoms with E-state index in [2.05, 4.69) is 16.1 Å². The first-order valence-corrected chi connectivity index (χ1v) is 10.4. The third-order valence-corrected chi connectivity index (χ3v) is 5.86. The Morgan fingerprint density at radius 2 is 1.86 bits per heavy atom. The van der Waals surface area contributed by atoms with E-state index in [1.165, 1.54) is 11.1 Å². The molecule has 1 fully saturated rings. The molecular formula is C22H28N4O3. The third kappa shape index (κ3) is 4.44. The van der Waals surface area contributed by atoms with Crippen LogP contribution in [0.2, 0.25) is 0 Å². The monoisotopic (exact) mass is 396 g/mol. The molecule has 0 unspecified atom stereocenters. The highest BCUT2D eigenvalue weighted by molar-refractivity contribution is 5.76. The van der Waals surface area contributed by atoms with Crippen LogP contribution in [0.3, 0.4) is 0 Å². The Balaban J connectivity index is 1.39. The van der Waals surface area contributed by atoms with Crippen LogP contribution in [0.1, 0.15) is 30.5 Å². The van der Waals surface area contributed by atoms with Crippen LogP contribution in [0.4, 0.5) is 5.69 Å². The van der Waals surface area contributed by atoms with Crippen LogP contribution in [0.5, 0.6) is 5.75 Å². The van der Waals surface area contributed by atoms with E-state index in [9.17, 15) is 9.59 Å². The minimum Gasteiger partial charge on any atom is -0.497 e. The van der Waals surface area contributed by atoms with Gasteiger partial charge in [0.1, 0.15) is 12.3 Å². The number of anilines is 1. The predicted octanol–water partition coefficient (Wildman–Crippen LogP) is 1.87. The molecule has 0 saturated carbocycles. The van der Waals surface area contributed by atoms with E-state index in [-0.39, 0.29) is 18.0 Å². The predicted molar refractivity (Wildman–Crippen MR) is 112 cm³/mol. The van der Waals surface area contributed by atoms with E-state index in [0.29, 0.717) is 13.1 Å². The number of methoxy groups -OCH3 is 1. The molecule has 2 aliphatic rings. The molecular weight excluding hydrogens is 368 g/mol. The summed E-state index contributed by atoms with van der Waals surface area (Å²) in [5.41, 5.74) is 2.97. The van der Waals surface area contributed by atoms with Gasteiger partial charge in [0.15, 0.2) is 0 Å². The number of aromatic nitrogens is 2. The lowest BCUT2D eigenvalue weighted by Crippen LogP contribution is -2.50. The summed E-state index contributed by atoms with van der Waals surface area (Å²) in [7, 11) is 1.66. The summed E-state index contributed by atoms with van der Waals surface area (Å²) in [6.45, 7) is 2.80. The zero-order valence-electron chi connectivity index (χ0n) is 17.0. The molecule has 1 aliphatic carbocycles. The van der Waals surface area contributed by atoms with E-state index in [1.807, 2.05) is 23.1 Å². The maximum atomic E-state index is 12.8. The fraction of sp³-hybridized carbons (Fsp3) is 0.500. The summed E-state index contributed by atoms with van der Waals surface area (Å²) in [4.78, 5) is 29.3. The number of carbonyl (C=O) groups excluding carboxylic acids is 1. The van der Waals surface area contributed by atoms with E-state index in [0.717, 1.165) is 61.5 Å². The van der Waals surface area contributed by atoms with Crippen molar-refractivity contribution in [1.29, 1.82) is 0 Å². The summed E-state index contributed by atoms with van der Waals surface area (Å²) < 4.78 is 6.65. The first-order chi connectivity index (χ1) is 14.1. The largest absolute Gasteiger partial charge is 0.497 e. The number of aryl methyl sites for hydroxylation is 2. The summed E-state index contributed by atoms with van der Waals surface area (Å²) >= 11 is 0. The van der Waals surface area contributed by atoms with Crippen molar-refractivity contribution in [2.24, 2.45) is 0 Å². The van der Waals surface area contributed by atoms with Gasteiger partial charge in [0.05, 0.1) is 12.8 Å². The molecule has 0 bridgehead atoms. The van der Waals surface area contributed by atoms with Crippen LogP contribution in [-0.4, -0.2) is 53.9 Å². The standard InChI is InChI=1S/C22H28N4O3/c1-29-19-8-5-7-18(15-19)24-10-12-25(13-11-24)22(28)16-26-21(27)14-17-6-3-2-4-9-20(17)23-26/h5,7-8,14-15H,2-4,6,9-13,16H2,1H3. The molecule has 0 atom stereocenters. The second kappa shape index (κ2) is 8.68. The van der Waals surface area contributed by atoms with Crippen molar-refractivity contribution >= 4 is 11.6 Å². The number of nitrogens with zero attached hydrogens (tertiary/aromatic N) is 4. The molecule has 154 valence electrons. The molecule has 1 aliphatic heterocycles. The van der Waals surface area contributed by atoms with Gasteiger partial charge in [-0.25, -0.2) is 4.68 Å². The Labute approximate surface area is 170 Å². The smallest absolute Gasteiger partial charge is 0.267 e. The number of amides is 1. The van der Waals surface area contributed by atoms with Gasteiger partial charge in [0.2, 0.25) is 5.91 Å². The Morgan fingerprint density at radius 1 is 1.07 bits per heavy atom. The lowest BCUT2D eigenvalue weighted by Gasteiger charge is -2.36. The molecule has 1 aromatic carbocycles. The van der Waals surface area contributed by atoms with Gasteiger partial charge in [-0.1, -0.05) is 12.5 Å². The number of ether oxygens (including phenoxy) is 1. The van der Waals surface area contributed by atoms with Crippen LogP contribution >= 0.6 is 0 Å². The van der Waals surface area contributed by atoms with E-state index >= 15 is 0 Å². The molecule has 2 aromatic rings. The average Bonchev–Trinajstić information content (AvgIpc) is 2.99. The minimum atomic E-state index is -0.172. The fourth-order valence-corrected chi connectivity index (χ4v) is 4.14. The lowest BCUT2D eigenvalue weighted by atomic mass is 10.1. The number of hydrogen-bond acceptors (Lipinski definition) is 5. The van der Waals surface area contributed by atoms with Crippen molar-refractivity contribution in [1.82, 2.24) is 14.7 Å². The maximum absolute atomic E-state index is 12.8. The van der Waals surface area contributed by atoms with Crippen molar-refractivity contribution in [3.63, 3.8) is 0 Å². The number of benzene rings is 1. The molecule has 1 saturated heterocycles. The van der Waals surface area contributed by atoms with Crippen LogP contribution in [0.25, 0.3) is 0 Å². The Morgan fingerprint density at radius 3 is 2.66 bits per heavy atom. The van der Waals surface area contributed by atoms with Crippen molar-refractivity contribution in [3.8, 4) is 5.75 Å². The van der Waals surface area contributed by atoms with Gasteiger partial charge in [-0.3, -0.25) is 9.59 Å². The zero-order valence-corrected chi connectivity index (χ0v) is 17.0. The van der Waals surface area contributed by atoms with Crippen LogP contribution in [0, 0.1) is 0 Å². The van der Waals surface area contributed by atoms with Gasteiger partial charge < -0.3 is 14.5 Å². The molecule has 1 amide bonds. The lowest BCUT2D eigenvalue weighted by molar-refractivity contribution is -0.132. The van der Waals surface area contributed by atoms with Crippen molar-refractivity contribution in [2.45, 2.75) is 38.6 Å². The van der Waals surface area contributed by atoms with Gasteiger partial charge in [0, 0.05) is 44.0 Å². The molecule has 7 heteroatoms. The second-order valence-electron chi connectivity index (χ2n) is 7.74. The van der Waals surface area contributed by atoms with Gasteiger partial charge in [-0.15, -0.1) is 0 Å². The molecule has 2 heterocycles. The fourth-order valence-electron chi connectivity index (χ4n) is 4.14. The first-order valence-electron chi connectivity index (χ1n) is 10.4. The molecule has 29 heavy (non-hydrogen) atoms. The van der Waals surface area contributed by atoms with E-state index in [4.69, 9.17) is 4.74 Å². The topological polar surface area (TPSA) is 67.7 Å². The second-order valence-corrected chi connectivity index (χ2v) is 7.74. The molecule has 0 radical (unpaired) electrons. The Hall–Kier alpha value is -2.83. The molecule has 1 aromatic heterocycles. The van der Waals surface area contributed by atoms with E-state index < -0.39 is 0 Å². The number of rotatable bonds is 4. The van der Waals surface area contributed by atoms with Crippen LogP contribution in [-0.2, 0) is 24.2 Å². The maximum Gasteiger partial charge on any atom is 0.267 e. The highest BCUT2D eigenvalue weighted by Gasteiger charge is 2.23. The quantitative estimate of drug-likeness (QED) is 0.738. The molecule has 0 N–H and O–H groups in total. The van der Waals surface area contributed by atoms with Crippen molar-refractivity contribution < 1.29 is 9.53 Å². The normalized spacial score (nSPS) is 16.9. The van der Waals surface area contributed by atoms with Gasteiger partial charge in [-0.05, 0) is 43.4 Å². The van der Waals surface area contributed by atoms with Crippen molar-refractivity contribution in [2.75, 3.05) is 38.2 Å². The third-order valence-electron chi connectivity index (χ3n) is 5.86. The zero-order chi connectivity index (χ0) is 20.2. The highest BCUT2D eigenvalue weighted by Crippen LogP contribution is 2.22. The van der Waals surface area contributed by atoms with Gasteiger partial charge >= 0.3 is 0 Å². The van der Waals surface area contributed by atoms with Crippen molar-refractivity contribution in [3.05, 3.63) is 51.9 Å². The average molecular weight is 396 g/mol. The highest BCUT2D eigenvalue weighted by atomic mass is 16.5. The van der Waals surface area contributed by atoms with Crippen LogP contribution in [0.15, 0.2) is 35.1 Å². The Bertz CT molecular complexity index is 932. The minimum absolute atomic E-state index is 0.0191. The number of hydrogen-bond donors (Lipinski definition) is 0. The molecule has 0 spiro atoms. The summed E-state index contributed by atoms with van der Waals surface area (Å²) in [6.07, 6.45) is 5.18. The van der Waals surface area contributed by atoms with Crippen LogP contribution < -0.4 is 15.2 Å². The summed E-state index contributed by atoms with van der Waals surface area (Å²) in [5, 5.41) is 4.52. The number of piperazine rings is 1. The van der Waals surface area contributed by atoms with E-state index in [1.54, 1.807) is 13.2 Å². The first kappa shape index (κ1) is 19.5. The summed E-state index contributed by atoms with van der Waals surface area (Å²) in [6, 6.07) is 9.65. The SMILES string of the molecule is COc1cccc(N2CCN(C(=O)Cn3nc4c(cc3=O)CCCCC4)CC2)c1. The molecule has 4 rings (SSSR count). The van der Waals surface area contributed by atoms with Gasteiger partial charge in [-0.2, -0.15) is 5.10 Å². The summed E-state index contributed by atoms with van der Waals surface area (Å²) in [5.74, 6) is 0.785. The Kier molecular flexibility index (Phi) is 5.83. The number of carbonyl (C=O) groups is 1.